The smallest absolute Gasteiger partial charge is 0.294 e. The molecule has 0 saturated carbocycles. The summed E-state index contributed by atoms with van der Waals surface area (Å²) in [5.74, 6) is 0. The van der Waals surface area contributed by atoms with E-state index in [9.17, 15) is 13.2 Å². The molecule has 3 rings (SSSR count). The topological polar surface area (TPSA) is 105 Å². The van der Waals surface area contributed by atoms with Crippen LogP contribution in [0.2, 0.25) is 0 Å². The summed E-state index contributed by atoms with van der Waals surface area (Å²) in [6.07, 6.45) is 3.85. The van der Waals surface area contributed by atoms with Gasteiger partial charge in [0, 0.05) is 30.7 Å². The highest BCUT2D eigenvalue weighted by atomic mass is 32.2. The Bertz CT molecular complexity index is 1020. The second kappa shape index (κ2) is 5.08. The quantitative estimate of drug-likeness (QED) is 0.703. The molecule has 114 valence electrons. The van der Waals surface area contributed by atoms with Crippen LogP contribution >= 0.6 is 0 Å². The van der Waals surface area contributed by atoms with Crippen molar-refractivity contribution in [1.82, 2.24) is 14.8 Å². The Balaban J connectivity index is 2.11. The Morgan fingerprint density at radius 3 is 2.73 bits per heavy atom. The van der Waals surface area contributed by atoms with Gasteiger partial charge in [-0.15, -0.1) is 0 Å². The molecule has 0 aliphatic heterocycles. The number of aromatic nitrogens is 3. The van der Waals surface area contributed by atoms with E-state index in [1.807, 2.05) is 0 Å². The van der Waals surface area contributed by atoms with Crippen LogP contribution in [0.25, 0.3) is 10.9 Å². The summed E-state index contributed by atoms with van der Waals surface area (Å²) in [6, 6.07) is 5.64. The van der Waals surface area contributed by atoms with Crippen LogP contribution in [0, 0.1) is 0 Å². The number of pyridine rings is 1. The van der Waals surface area contributed by atoms with Crippen LogP contribution in [0.5, 0.6) is 0 Å². The normalized spacial score (nSPS) is 11.9. The Morgan fingerprint density at radius 1 is 1.32 bits per heavy atom. The Kier molecular flexibility index (Phi) is 3.34. The molecular weight excluding hydrogens is 306 g/mol. The van der Waals surface area contributed by atoms with Gasteiger partial charge in [0.05, 0.1) is 11.1 Å². The van der Waals surface area contributed by atoms with Crippen LogP contribution in [0.4, 0.5) is 0 Å². The lowest BCUT2D eigenvalue weighted by Gasteiger charge is -2.04. The van der Waals surface area contributed by atoms with E-state index in [4.69, 9.17) is 4.55 Å². The Morgan fingerprint density at radius 2 is 2.09 bits per heavy atom. The van der Waals surface area contributed by atoms with Crippen molar-refractivity contribution in [3.8, 4) is 0 Å². The summed E-state index contributed by atoms with van der Waals surface area (Å²) in [5.41, 5.74) is 1.63. The van der Waals surface area contributed by atoms with Crippen molar-refractivity contribution < 1.29 is 13.0 Å². The number of benzene rings is 1. The molecule has 2 aromatic heterocycles. The van der Waals surface area contributed by atoms with Gasteiger partial charge in [0.1, 0.15) is 0 Å². The van der Waals surface area contributed by atoms with E-state index in [1.165, 1.54) is 18.2 Å². The molecule has 0 fully saturated rings. The van der Waals surface area contributed by atoms with Crippen molar-refractivity contribution in [2.75, 3.05) is 0 Å². The molecule has 2 heterocycles. The third kappa shape index (κ3) is 2.78. The second-order valence-corrected chi connectivity index (χ2v) is 6.47. The molecule has 0 radical (unpaired) electrons. The lowest BCUT2D eigenvalue weighted by molar-refractivity contribution is 0.483. The first-order valence-corrected chi connectivity index (χ1v) is 7.88. The standard InChI is InChI=1S/C14H13N3O4S/c1-17-8-9(7-15-17)4-11-5-10-6-12(22(19,20)21)2-3-13(10)16-14(11)18/h2-3,5-8H,4H2,1H3,(H,16,18)(H,19,20,21). The molecule has 0 aliphatic rings. The zero-order chi connectivity index (χ0) is 15.9. The van der Waals surface area contributed by atoms with Gasteiger partial charge in [-0.1, -0.05) is 0 Å². The van der Waals surface area contributed by atoms with Gasteiger partial charge in [0.2, 0.25) is 0 Å². The Labute approximate surface area is 126 Å². The average molecular weight is 319 g/mol. The molecule has 0 unspecified atom stereocenters. The van der Waals surface area contributed by atoms with Crippen LogP contribution in [0.1, 0.15) is 11.1 Å². The highest BCUT2D eigenvalue weighted by Crippen LogP contribution is 2.18. The van der Waals surface area contributed by atoms with Crippen molar-refractivity contribution in [2.24, 2.45) is 7.05 Å². The van der Waals surface area contributed by atoms with Gasteiger partial charge in [-0.25, -0.2) is 0 Å². The molecular formula is C14H13N3O4S. The summed E-state index contributed by atoms with van der Waals surface area (Å²) >= 11 is 0. The van der Waals surface area contributed by atoms with Crippen molar-refractivity contribution >= 4 is 21.0 Å². The lowest BCUT2D eigenvalue weighted by atomic mass is 10.1. The highest BCUT2D eigenvalue weighted by molar-refractivity contribution is 7.85. The van der Waals surface area contributed by atoms with Crippen LogP contribution < -0.4 is 5.56 Å². The highest BCUT2D eigenvalue weighted by Gasteiger charge is 2.11. The summed E-state index contributed by atoms with van der Waals surface area (Å²) in [6.45, 7) is 0. The molecule has 0 atom stereocenters. The predicted molar refractivity (Wildman–Crippen MR) is 80.4 cm³/mol. The maximum Gasteiger partial charge on any atom is 0.294 e. The lowest BCUT2D eigenvalue weighted by Crippen LogP contribution is -2.12. The number of rotatable bonds is 3. The van der Waals surface area contributed by atoms with Crippen molar-refractivity contribution in [3.05, 3.63) is 58.1 Å². The van der Waals surface area contributed by atoms with Gasteiger partial charge >= 0.3 is 0 Å². The first-order chi connectivity index (χ1) is 10.3. The molecule has 0 saturated heterocycles. The summed E-state index contributed by atoms with van der Waals surface area (Å²) < 4.78 is 33.1. The molecule has 0 spiro atoms. The third-order valence-corrected chi connectivity index (χ3v) is 4.19. The molecule has 3 aromatic rings. The zero-order valence-electron chi connectivity index (χ0n) is 11.6. The number of fused-ring (bicyclic) bond motifs is 1. The van der Waals surface area contributed by atoms with E-state index >= 15 is 0 Å². The van der Waals surface area contributed by atoms with E-state index in [2.05, 4.69) is 10.1 Å². The number of aryl methyl sites for hydroxylation is 1. The minimum Gasteiger partial charge on any atom is -0.322 e. The van der Waals surface area contributed by atoms with Gasteiger partial charge in [0.25, 0.3) is 15.7 Å². The van der Waals surface area contributed by atoms with Gasteiger partial charge in [-0.05, 0) is 35.2 Å². The van der Waals surface area contributed by atoms with E-state index < -0.39 is 10.1 Å². The van der Waals surface area contributed by atoms with E-state index in [0.717, 1.165) is 5.56 Å². The minimum atomic E-state index is -4.28. The van der Waals surface area contributed by atoms with Crippen LogP contribution in [-0.2, 0) is 23.6 Å². The molecule has 8 heteroatoms. The van der Waals surface area contributed by atoms with Crippen molar-refractivity contribution in [1.29, 1.82) is 0 Å². The number of H-pyrrole nitrogens is 1. The fourth-order valence-corrected chi connectivity index (χ4v) is 2.82. The first kappa shape index (κ1) is 14.5. The molecule has 0 bridgehead atoms. The summed E-state index contributed by atoms with van der Waals surface area (Å²) in [4.78, 5) is 14.6. The molecule has 22 heavy (non-hydrogen) atoms. The SMILES string of the molecule is Cn1cc(Cc2cc3cc(S(=O)(=O)O)ccc3[nH]c2=O)cn1. The summed E-state index contributed by atoms with van der Waals surface area (Å²) in [5, 5.41) is 4.58. The number of hydrogen-bond acceptors (Lipinski definition) is 4. The predicted octanol–water partition coefficient (Wildman–Crippen LogP) is 1.10. The van der Waals surface area contributed by atoms with Crippen LogP contribution in [0.15, 0.2) is 46.3 Å². The molecule has 7 nitrogen and oxygen atoms in total. The number of nitrogens with one attached hydrogen (secondary N) is 1. The minimum absolute atomic E-state index is 0.209. The molecule has 0 aliphatic carbocycles. The monoisotopic (exact) mass is 319 g/mol. The van der Waals surface area contributed by atoms with Crippen molar-refractivity contribution in [3.63, 3.8) is 0 Å². The molecule has 1 aromatic carbocycles. The zero-order valence-corrected chi connectivity index (χ0v) is 12.5. The van der Waals surface area contributed by atoms with E-state index in [1.54, 1.807) is 30.2 Å². The average Bonchev–Trinajstić information content (AvgIpc) is 2.83. The molecule has 2 N–H and O–H groups in total. The van der Waals surface area contributed by atoms with Crippen LogP contribution in [-0.4, -0.2) is 27.7 Å². The first-order valence-electron chi connectivity index (χ1n) is 6.44. The summed E-state index contributed by atoms with van der Waals surface area (Å²) in [7, 11) is -2.49. The van der Waals surface area contributed by atoms with E-state index in [-0.39, 0.29) is 10.5 Å². The second-order valence-electron chi connectivity index (χ2n) is 5.05. The third-order valence-electron chi connectivity index (χ3n) is 3.34. The largest absolute Gasteiger partial charge is 0.322 e. The van der Waals surface area contributed by atoms with Gasteiger partial charge in [-0.3, -0.25) is 14.0 Å². The fourth-order valence-electron chi connectivity index (χ4n) is 2.30. The maximum absolute atomic E-state index is 12.1. The van der Waals surface area contributed by atoms with Gasteiger partial charge in [0.15, 0.2) is 0 Å². The van der Waals surface area contributed by atoms with Gasteiger partial charge < -0.3 is 4.98 Å². The number of hydrogen-bond donors (Lipinski definition) is 2. The fraction of sp³-hybridized carbons (Fsp3) is 0.143. The maximum atomic E-state index is 12.1. The Hall–Kier alpha value is -2.45. The van der Waals surface area contributed by atoms with Crippen molar-refractivity contribution in [2.45, 2.75) is 11.3 Å². The number of aromatic amines is 1. The number of nitrogens with zero attached hydrogens (tertiary/aromatic N) is 2. The van der Waals surface area contributed by atoms with Gasteiger partial charge in [-0.2, -0.15) is 13.5 Å². The molecule has 0 amide bonds. The van der Waals surface area contributed by atoms with Crippen LogP contribution in [0.3, 0.4) is 0 Å². The van der Waals surface area contributed by atoms with E-state index in [0.29, 0.717) is 22.9 Å².